The van der Waals surface area contributed by atoms with Crippen LogP contribution >= 0.6 is 0 Å². The predicted octanol–water partition coefficient (Wildman–Crippen LogP) is 0.393. The highest BCUT2D eigenvalue weighted by atomic mass is 15.1. The lowest BCUT2D eigenvalue weighted by molar-refractivity contribution is 0.362. The van der Waals surface area contributed by atoms with Gasteiger partial charge >= 0.3 is 0 Å². The van der Waals surface area contributed by atoms with Gasteiger partial charge in [-0.3, -0.25) is 4.99 Å². The second-order valence-electron chi connectivity index (χ2n) is 2.18. The maximum absolute atomic E-state index is 4.15. The first-order valence-electron chi connectivity index (χ1n) is 3.06. The average Bonchev–Trinajstić information content (AvgIpc) is 1.94. The molecule has 1 rings (SSSR count). The Morgan fingerprint density at radius 2 is 2.38 bits per heavy atom. The number of aliphatic imine (C=N–C) groups is 1. The van der Waals surface area contributed by atoms with Crippen molar-refractivity contribution in [2.24, 2.45) is 4.99 Å². The molecule has 8 heavy (non-hydrogen) atoms. The molecule has 1 heterocycles. The molecule has 0 atom stereocenters. The Kier molecular flexibility index (Phi) is 2.03. The number of rotatable bonds is 0. The summed E-state index contributed by atoms with van der Waals surface area (Å²) in [6.07, 6.45) is 3.14. The summed E-state index contributed by atoms with van der Waals surface area (Å²) in [6, 6.07) is 0. The number of hydrogen-bond acceptors (Lipinski definition) is 2. The molecule has 0 saturated heterocycles. The number of nitrogens with zero attached hydrogens (tertiary/aromatic N) is 2. The van der Waals surface area contributed by atoms with Gasteiger partial charge in [0, 0.05) is 19.3 Å². The van der Waals surface area contributed by atoms with Crippen molar-refractivity contribution in [1.82, 2.24) is 4.90 Å². The van der Waals surface area contributed by atoms with Crippen molar-refractivity contribution in [3.05, 3.63) is 0 Å². The summed E-state index contributed by atoms with van der Waals surface area (Å²) < 4.78 is 0. The lowest BCUT2D eigenvalue weighted by Gasteiger charge is -2.09. The third-order valence-corrected chi connectivity index (χ3v) is 1.38. The van der Waals surface area contributed by atoms with Gasteiger partial charge in [0.25, 0.3) is 0 Å². The molecule has 46 valence electrons. The molecule has 0 bridgehead atoms. The maximum Gasteiger partial charge on any atom is 0.0512 e. The van der Waals surface area contributed by atoms with Gasteiger partial charge in [0.1, 0.15) is 0 Å². The molecule has 0 saturated carbocycles. The van der Waals surface area contributed by atoms with E-state index in [2.05, 4.69) is 16.9 Å². The molecule has 2 nitrogen and oxygen atoms in total. The highest BCUT2D eigenvalue weighted by Gasteiger charge is 1.97. The zero-order valence-corrected chi connectivity index (χ0v) is 5.30. The third-order valence-electron chi connectivity index (χ3n) is 1.38. The van der Waals surface area contributed by atoms with E-state index in [1.54, 1.807) is 0 Å². The van der Waals surface area contributed by atoms with Crippen LogP contribution in [0.2, 0.25) is 0 Å². The topological polar surface area (TPSA) is 15.6 Å². The van der Waals surface area contributed by atoms with Crippen molar-refractivity contribution < 1.29 is 0 Å². The van der Waals surface area contributed by atoms with E-state index in [9.17, 15) is 0 Å². The van der Waals surface area contributed by atoms with E-state index in [1.807, 2.05) is 6.21 Å². The smallest absolute Gasteiger partial charge is 0.0512 e. The van der Waals surface area contributed by atoms with E-state index >= 15 is 0 Å². The van der Waals surface area contributed by atoms with Gasteiger partial charge in [0.2, 0.25) is 0 Å². The van der Waals surface area contributed by atoms with Crippen LogP contribution in [-0.2, 0) is 0 Å². The van der Waals surface area contributed by atoms with Gasteiger partial charge in [0.05, 0.1) is 6.54 Å². The Morgan fingerprint density at radius 3 is 3.25 bits per heavy atom. The first-order valence-corrected chi connectivity index (χ1v) is 3.06. The fraction of sp³-hybridized carbons (Fsp3) is 0.833. The summed E-state index contributed by atoms with van der Waals surface area (Å²) in [5, 5.41) is 0. The fourth-order valence-corrected chi connectivity index (χ4v) is 0.801. The second-order valence-corrected chi connectivity index (χ2v) is 2.18. The van der Waals surface area contributed by atoms with Crippen molar-refractivity contribution in [2.75, 3.05) is 26.7 Å². The van der Waals surface area contributed by atoms with E-state index in [0.717, 1.165) is 19.5 Å². The summed E-state index contributed by atoms with van der Waals surface area (Å²) in [5.74, 6) is 0. The van der Waals surface area contributed by atoms with E-state index < -0.39 is 0 Å². The lowest BCUT2D eigenvalue weighted by atomic mass is 10.4. The van der Waals surface area contributed by atoms with E-state index in [1.165, 1.54) is 6.54 Å². The van der Waals surface area contributed by atoms with E-state index in [0.29, 0.717) is 0 Å². The van der Waals surface area contributed by atoms with Gasteiger partial charge in [-0.2, -0.15) is 0 Å². The minimum Gasteiger partial charge on any atom is -0.304 e. The summed E-state index contributed by atoms with van der Waals surface area (Å²) in [6.45, 7) is 3.27. The lowest BCUT2D eigenvalue weighted by Crippen LogP contribution is -2.20. The molecule has 0 aromatic heterocycles. The molecular weight excluding hydrogens is 100 g/mol. The molecule has 0 N–H and O–H groups in total. The van der Waals surface area contributed by atoms with Crippen molar-refractivity contribution >= 4 is 6.21 Å². The zero-order chi connectivity index (χ0) is 5.82. The summed E-state index contributed by atoms with van der Waals surface area (Å²) >= 11 is 0. The highest BCUT2D eigenvalue weighted by Crippen LogP contribution is 1.89. The highest BCUT2D eigenvalue weighted by molar-refractivity contribution is 5.57. The predicted molar refractivity (Wildman–Crippen MR) is 35.5 cm³/mol. The van der Waals surface area contributed by atoms with Crippen molar-refractivity contribution in [3.63, 3.8) is 0 Å². The van der Waals surface area contributed by atoms with Crippen LogP contribution in [0.3, 0.4) is 0 Å². The summed E-state index contributed by atoms with van der Waals surface area (Å²) in [7, 11) is 2.13. The molecule has 0 spiro atoms. The minimum absolute atomic E-state index is 0.983. The molecule has 1 aliphatic rings. The van der Waals surface area contributed by atoms with Crippen LogP contribution in [0.5, 0.6) is 0 Å². The molecule has 2 heteroatoms. The van der Waals surface area contributed by atoms with Crippen LogP contribution < -0.4 is 0 Å². The normalized spacial score (nSPS) is 23.1. The molecule has 1 aliphatic heterocycles. The molecule has 0 radical (unpaired) electrons. The van der Waals surface area contributed by atoms with Gasteiger partial charge in [-0.05, 0) is 13.5 Å². The first-order chi connectivity index (χ1) is 3.89. The monoisotopic (exact) mass is 112 g/mol. The van der Waals surface area contributed by atoms with Crippen molar-refractivity contribution in [1.29, 1.82) is 0 Å². The SMILES string of the molecule is CN1CCC=NCC1. The third kappa shape index (κ3) is 1.62. The maximum atomic E-state index is 4.15. The van der Waals surface area contributed by atoms with E-state index in [4.69, 9.17) is 0 Å². The molecule has 0 unspecified atom stereocenters. The molecule has 0 aliphatic carbocycles. The second kappa shape index (κ2) is 2.82. The van der Waals surface area contributed by atoms with Crippen LogP contribution in [0.1, 0.15) is 6.42 Å². The van der Waals surface area contributed by atoms with Crippen LogP contribution in [0.15, 0.2) is 4.99 Å². The van der Waals surface area contributed by atoms with Gasteiger partial charge in [-0.15, -0.1) is 0 Å². The fourth-order valence-electron chi connectivity index (χ4n) is 0.801. The number of likely N-dealkylation sites (N-methyl/N-ethyl adjacent to an activating group) is 1. The molecule has 0 aromatic carbocycles. The van der Waals surface area contributed by atoms with Gasteiger partial charge in [0.15, 0.2) is 0 Å². The molecular formula is C6H12N2. The minimum atomic E-state index is 0.983. The standard InChI is InChI=1S/C6H12N2/c1-8-5-2-3-7-4-6-8/h3H,2,4-6H2,1H3. The quantitative estimate of drug-likeness (QED) is 0.442. The first kappa shape index (κ1) is 5.76. The Hall–Kier alpha value is -0.370. The van der Waals surface area contributed by atoms with Crippen molar-refractivity contribution in [3.8, 4) is 0 Å². The average molecular weight is 112 g/mol. The largest absolute Gasteiger partial charge is 0.304 e. The Morgan fingerprint density at radius 1 is 1.50 bits per heavy atom. The zero-order valence-electron chi connectivity index (χ0n) is 5.30. The van der Waals surface area contributed by atoms with Crippen LogP contribution in [0, 0.1) is 0 Å². The van der Waals surface area contributed by atoms with Gasteiger partial charge in [-0.25, -0.2) is 0 Å². The van der Waals surface area contributed by atoms with Crippen LogP contribution in [0.4, 0.5) is 0 Å². The molecule has 0 fully saturated rings. The summed E-state index contributed by atoms with van der Waals surface area (Å²) in [4.78, 5) is 6.45. The molecule has 0 aromatic rings. The number of hydrogen-bond donors (Lipinski definition) is 0. The van der Waals surface area contributed by atoms with Crippen LogP contribution in [0.25, 0.3) is 0 Å². The van der Waals surface area contributed by atoms with Gasteiger partial charge in [-0.1, -0.05) is 0 Å². The molecule has 0 amide bonds. The van der Waals surface area contributed by atoms with Crippen LogP contribution in [-0.4, -0.2) is 37.8 Å². The Labute approximate surface area is 50.2 Å². The summed E-state index contributed by atoms with van der Waals surface area (Å²) in [5.41, 5.74) is 0. The van der Waals surface area contributed by atoms with E-state index in [-0.39, 0.29) is 0 Å². The van der Waals surface area contributed by atoms with Gasteiger partial charge < -0.3 is 4.90 Å². The van der Waals surface area contributed by atoms with Crippen molar-refractivity contribution in [2.45, 2.75) is 6.42 Å². The Bertz CT molecular complexity index is 78.5. The Balaban J connectivity index is 2.28.